The Morgan fingerprint density at radius 3 is 2.61 bits per heavy atom. The lowest BCUT2D eigenvalue weighted by Crippen LogP contribution is -2.49. The molecule has 0 bridgehead atoms. The van der Waals surface area contributed by atoms with Crippen LogP contribution in [0.3, 0.4) is 0 Å². The molecule has 0 aromatic carbocycles. The Bertz CT molecular complexity index is 266. The highest BCUT2D eigenvalue weighted by Crippen LogP contribution is 2.23. The van der Waals surface area contributed by atoms with Crippen molar-refractivity contribution in [2.75, 3.05) is 26.3 Å². The van der Waals surface area contributed by atoms with E-state index in [1.165, 1.54) is 0 Å². The van der Waals surface area contributed by atoms with Crippen LogP contribution in [0.5, 0.6) is 0 Å². The van der Waals surface area contributed by atoms with Gasteiger partial charge in [0.25, 0.3) is 0 Å². The lowest BCUT2D eigenvalue weighted by atomic mass is 9.86. The van der Waals surface area contributed by atoms with E-state index in [1.54, 1.807) is 0 Å². The molecule has 1 saturated heterocycles. The second-order valence-electron chi connectivity index (χ2n) is 5.94. The molecule has 5 heteroatoms. The molecule has 108 valence electrons. The van der Waals surface area contributed by atoms with E-state index in [-0.39, 0.29) is 23.7 Å². The van der Waals surface area contributed by atoms with Gasteiger partial charge in [0.2, 0.25) is 5.91 Å². The molecule has 1 aliphatic rings. The normalized spacial score (nSPS) is 21.6. The van der Waals surface area contributed by atoms with Gasteiger partial charge < -0.3 is 15.4 Å². The van der Waals surface area contributed by atoms with E-state index in [4.69, 9.17) is 10.5 Å². The maximum absolute atomic E-state index is 12.2. The fraction of sp³-hybridized carbons (Fsp3) is 0.923. The van der Waals surface area contributed by atoms with E-state index in [2.05, 4.69) is 0 Å². The molecular weight excluding hydrogens is 252 g/mol. The van der Waals surface area contributed by atoms with Crippen LogP contribution >= 0.6 is 12.4 Å². The van der Waals surface area contributed by atoms with Gasteiger partial charge in [-0.1, -0.05) is 20.8 Å². The predicted molar refractivity (Wildman–Crippen MR) is 75.9 cm³/mol. The van der Waals surface area contributed by atoms with Gasteiger partial charge >= 0.3 is 0 Å². The van der Waals surface area contributed by atoms with E-state index in [0.717, 1.165) is 32.7 Å². The Hall–Kier alpha value is -0.320. The zero-order chi connectivity index (χ0) is 13.1. The Morgan fingerprint density at radius 2 is 2.11 bits per heavy atom. The lowest BCUT2D eigenvalue weighted by Gasteiger charge is -2.30. The Morgan fingerprint density at radius 1 is 1.50 bits per heavy atom. The smallest absolute Gasteiger partial charge is 0.240 e. The van der Waals surface area contributed by atoms with Crippen LogP contribution in [0.2, 0.25) is 0 Å². The Balaban J connectivity index is 0.00000289. The van der Waals surface area contributed by atoms with E-state index in [0.29, 0.717) is 5.92 Å². The number of carbonyl (C=O) groups is 1. The standard InChI is InChI=1S/C13H26N2O2.ClH/c1-5-17-9-10-6-7-15(8-10)12(16)11(14)13(2,3)4;/h10-11H,5-9,14H2,1-4H3;1H/t10?,11-;/m1./s1. The molecule has 4 nitrogen and oxygen atoms in total. The van der Waals surface area contributed by atoms with Crippen molar-refractivity contribution >= 4 is 18.3 Å². The summed E-state index contributed by atoms with van der Waals surface area (Å²) in [6.45, 7) is 11.1. The van der Waals surface area contributed by atoms with E-state index in [1.807, 2.05) is 32.6 Å². The maximum Gasteiger partial charge on any atom is 0.240 e. The minimum atomic E-state index is -0.409. The van der Waals surface area contributed by atoms with Crippen LogP contribution in [0, 0.1) is 11.3 Å². The summed E-state index contributed by atoms with van der Waals surface area (Å²) in [6, 6.07) is -0.409. The fourth-order valence-corrected chi connectivity index (χ4v) is 2.02. The molecule has 0 spiro atoms. The van der Waals surface area contributed by atoms with Crippen molar-refractivity contribution < 1.29 is 9.53 Å². The molecule has 18 heavy (non-hydrogen) atoms. The number of carbonyl (C=O) groups excluding carboxylic acids is 1. The van der Waals surface area contributed by atoms with E-state index < -0.39 is 6.04 Å². The third-order valence-electron chi connectivity index (χ3n) is 3.35. The van der Waals surface area contributed by atoms with Gasteiger partial charge in [-0.2, -0.15) is 0 Å². The zero-order valence-corrected chi connectivity index (χ0v) is 12.8. The van der Waals surface area contributed by atoms with Crippen molar-refractivity contribution in [3.63, 3.8) is 0 Å². The van der Waals surface area contributed by atoms with Crippen LogP contribution < -0.4 is 5.73 Å². The van der Waals surface area contributed by atoms with Gasteiger partial charge in [0.15, 0.2) is 0 Å². The molecule has 1 heterocycles. The van der Waals surface area contributed by atoms with E-state index >= 15 is 0 Å². The molecule has 0 aromatic heterocycles. The number of rotatable bonds is 4. The third kappa shape index (κ3) is 4.75. The highest BCUT2D eigenvalue weighted by Gasteiger charge is 2.34. The summed E-state index contributed by atoms with van der Waals surface area (Å²) in [4.78, 5) is 14.1. The molecule has 0 aliphatic carbocycles. The number of halogens is 1. The van der Waals surface area contributed by atoms with E-state index in [9.17, 15) is 4.79 Å². The highest BCUT2D eigenvalue weighted by molar-refractivity contribution is 5.85. The number of likely N-dealkylation sites (tertiary alicyclic amines) is 1. The number of nitrogens with two attached hydrogens (primary N) is 1. The molecule has 0 radical (unpaired) electrons. The van der Waals surface area contributed by atoms with Gasteiger partial charge in [0.05, 0.1) is 12.6 Å². The van der Waals surface area contributed by atoms with Gasteiger partial charge in [-0.05, 0) is 18.8 Å². The minimum absolute atomic E-state index is 0. The first-order chi connectivity index (χ1) is 7.86. The largest absolute Gasteiger partial charge is 0.381 e. The first-order valence-electron chi connectivity index (χ1n) is 6.48. The molecule has 1 aliphatic heterocycles. The molecule has 1 amide bonds. The Kier molecular flexibility index (Phi) is 7.18. The van der Waals surface area contributed by atoms with Gasteiger partial charge in [-0.3, -0.25) is 4.79 Å². The van der Waals surface area contributed by atoms with Crippen LogP contribution in [0.15, 0.2) is 0 Å². The topological polar surface area (TPSA) is 55.6 Å². The first-order valence-corrected chi connectivity index (χ1v) is 6.48. The van der Waals surface area contributed by atoms with Gasteiger partial charge in [-0.15, -0.1) is 12.4 Å². The number of ether oxygens (including phenoxy) is 1. The first kappa shape index (κ1) is 17.7. The predicted octanol–water partition coefficient (Wildman–Crippen LogP) is 1.67. The fourth-order valence-electron chi connectivity index (χ4n) is 2.02. The molecule has 1 rings (SSSR count). The summed E-state index contributed by atoms with van der Waals surface area (Å²) in [5, 5.41) is 0. The molecular formula is C13H27ClN2O2. The van der Waals surface area contributed by atoms with Crippen molar-refractivity contribution in [3.8, 4) is 0 Å². The summed E-state index contributed by atoms with van der Waals surface area (Å²) in [5.41, 5.74) is 5.83. The molecule has 2 atom stereocenters. The van der Waals surface area contributed by atoms with Crippen molar-refractivity contribution in [3.05, 3.63) is 0 Å². The molecule has 0 aromatic rings. The summed E-state index contributed by atoms with van der Waals surface area (Å²) < 4.78 is 5.40. The summed E-state index contributed by atoms with van der Waals surface area (Å²) >= 11 is 0. The lowest BCUT2D eigenvalue weighted by molar-refractivity contribution is -0.134. The maximum atomic E-state index is 12.2. The minimum Gasteiger partial charge on any atom is -0.381 e. The van der Waals surface area contributed by atoms with Gasteiger partial charge in [0.1, 0.15) is 0 Å². The van der Waals surface area contributed by atoms with Crippen LogP contribution in [-0.2, 0) is 9.53 Å². The zero-order valence-electron chi connectivity index (χ0n) is 11.9. The van der Waals surface area contributed by atoms with Crippen LogP contribution in [0.25, 0.3) is 0 Å². The quantitative estimate of drug-likeness (QED) is 0.851. The summed E-state index contributed by atoms with van der Waals surface area (Å²) in [6.07, 6.45) is 1.03. The number of hydrogen-bond donors (Lipinski definition) is 1. The van der Waals surface area contributed by atoms with Gasteiger partial charge in [0, 0.05) is 25.6 Å². The van der Waals surface area contributed by atoms with Crippen LogP contribution in [0.1, 0.15) is 34.1 Å². The van der Waals surface area contributed by atoms with Crippen LogP contribution in [0.4, 0.5) is 0 Å². The molecule has 1 fully saturated rings. The summed E-state index contributed by atoms with van der Waals surface area (Å²) in [7, 11) is 0. The average molecular weight is 279 g/mol. The molecule has 2 N–H and O–H groups in total. The monoisotopic (exact) mass is 278 g/mol. The molecule has 0 saturated carbocycles. The SMILES string of the molecule is CCOCC1CCN(C(=O)[C@@H](N)C(C)(C)C)C1.Cl. The van der Waals surface area contributed by atoms with Crippen molar-refractivity contribution in [1.29, 1.82) is 0 Å². The van der Waals surface area contributed by atoms with Crippen molar-refractivity contribution in [2.45, 2.75) is 40.2 Å². The molecule has 1 unspecified atom stereocenters. The summed E-state index contributed by atoms with van der Waals surface area (Å²) in [5.74, 6) is 0.558. The average Bonchev–Trinajstić information content (AvgIpc) is 2.71. The second kappa shape index (κ2) is 7.31. The second-order valence-corrected chi connectivity index (χ2v) is 5.94. The highest BCUT2D eigenvalue weighted by atomic mass is 35.5. The van der Waals surface area contributed by atoms with Crippen molar-refractivity contribution in [1.82, 2.24) is 4.90 Å². The van der Waals surface area contributed by atoms with Crippen molar-refractivity contribution in [2.24, 2.45) is 17.1 Å². The van der Waals surface area contributed by atoms with Crippen LogP contribution in [-0.4, -0.2) is 43.2 Å². The number of hydrogen-bond acceptors (Lipinski definition) is 3. The van der Waals surface area contributed by atoms with Gasteiger partial charge in [-0.25, -0.2) is 0 Å². The third-order valence-corrected chi connectivity index (χ3v) is 3.35. The Labute approximate surface area is 117 Å². The number of nitrogens with zero attached hydrogens (tertiary/aromatic N) is 1. The number of amides is 1.